The Labute approximate surface area is 168 Å². The molecule has 150 valence electrons. The van der Waals surface area contributed by atoms with E-state index in [1.165, 1.54) is 31.7 Å². The molecule has 2 aliphatic heterocycles. The lowest BCUT2D eigenvalue weighted by Crippen LogP contribution is -2.63. The fourth-order valence-corrected chi connectivity index (χ4v) is 5.53. The van der Waals surface area contributed by atoms with E-state index in [4.69, 9.17) is 0 Å². The van der Waals surface area contributed by atoms with Crippen LogP contribution in [0, 0.1) is 17.8 Å². The summed E-state index contributed by atoms with van der Waals surface area (Å²) in [6.45, 7) is 1.42. The molecule has 8 heteroatoms. The van der Waals surface area contributed by atoms with Crippen LogP contribution in [0.4, 0.5) is 0 Å². The molecule has 3 atom stereocenters. The van der Waals surface area contributed by atoms with Crippen molar-refractivity contribution in [2.45, 2.75) is 43.7 Å². The van der Waals surface area contributed by atoms with Crippen LogP contribution in [0.2, 0.25) is 0 Å². The van der Waals surface area contributed by atoms with Crippen molar-refractivity contribution in [2.75, 3.05) is 13.1 Å². The van der Waals surface area contributed by atoms with Gasteiger partial charge in [-0.3, -0.25) is 14.6 Å². The summed E-state index contributed by atoms with van der Waals surface area (Å²) in [4.78, 5) is 40.0. The Morgan fingerprint density at radius 3 is 2.72 bits per heavy atom. The van der Waals surface area contributed by atoms with Crippen molar-refractivity contribution >= 4 is 11.8 Å². The number of amides is 2. The zero-order chi connectivity index (χ0) is 19.6. The second kappa shape index (κ2) is 6.11. The summed E-state index contributed by atoms with van der Waals surface area (Å²) in [5.74, 6) is 2.64. The molecule has 2 aliphatic carbocycles. The van der Waals surface area contributed by atoms with Gasteiger partial charge in [-0.1, -0.05) is 19.3 Å². The van der Waals surface area contributed by atoms with E-state index in [0.29, 0.717) is 30.6 Å². The Bertz CT molecular complexity index is 963. The quantitative estimate of drug-likeness (QED) is 0.852. The topological polar surface area (TPSA) is 93.0 Å². The summed E-state index contributed by atoms with van der Waals surface area (Å²) < 4.78 is 2.16. The Hall–Kier alpha value is -2.77. The van der Waals surface area contributed by atoms with E-state index in [-0.39, 0.29) is 23.4 Å². The van der Waals surface area contributed by atoms with Gasteiger partial charge in [0, 0.05) is 50.2 Å². The van der Waals surface area contributed by atoms with Crippen LogP contribution in [0.15, 0.2) is 31.0 Å². The van der Waals surface area contributed by atoms with Crippen LogP contribution in [-0.4, -0.2) is 49.3 Å². The molecule has 2 saturated carbocycles. The van der Waals surface area contributed by atoms with Crippen molar-refractivity contribution in [1.29, 1.82) is 0 Å². The van der Waals surface area contributed by atoms with Crippen LogP contribution >= 0.6 is 0 Å². The number of likely N-dealkylation sites (tertiary alicyclic amines) is 1. The van der Waals surface area contributed by atoms with Crippen molar-refractivity contribution in [3.63, 3.8) is 0 Å². The Morgan fingerprint density at radius 1 is 1.14 bits per heavy atom. The van der Waals surface area contributed by atoms with Gasteiger partial charge in [0.2, 0.25) is 5.91 Å². The van der Waals surface area contributed by atoms with Gasteiger partial charge < -0.3 is 14.8 Å². The standard InChI is InChI=1S/C21H24N6O2/c28-19(17-10-22-4-5-23-17)25-16-9-21(27-7-6-24-18(16)27)11-26(12-21)20(29)15-8-14(15)13-2-1-3-13/h4-7,10,13-16H,1-3,8-9,11-12H2,(H,25,28)/t14-,15+,16?/m0/s1. The second-order valence-corrected chi connectivity index (χ2v) is 9.09. The molecule has 1 unspecified atom stereocenters. The number of imidazole rings is 1. The van der Waals surface area contributed by atoms with E-state index in [2.05, 4.69) is 24.8 Å². The summed E-state index contributed by atoms with van der Waals surface area (Å²) in [5, 5.41) is 3.05. The Balaban J connectivity index is 1.13. The maximum absolute atomic E-state index is 12.9. The van der Waals surface area contributed by atoms with E-state index in [1.807, 2.05) is 11.1 Å². The van der Waals surface area contributed by atoms with Gasteiger partial charge in [-0.2, -0.15) is 0 Å². The van der Waals surface area contributed by atoms with Crippen molar-refractivity contribution in [3.05, 3.63) is 42.5 Å². The minimum absolute atomic E-state index is 0.150. The Morgan fingerprint density at radius 2 is 2.00 bits per heavy atom. The summed E-state index contributed by atoms with van der Waals surface area (Å²) >= 11 is 0. The molecular weight excluding hydrogens is 368 g/mol. The summed E-state index contributed by atoms with van der Waals surface area (Å²) in [6, 6.07) is -0.180. The van der Waals surface area contributed by atoms with Crippen LogP contribution in [0.25, 0.3) is 0 Å². The van der Waals surface area contributed by atoms with Gasteiger partial charge >= 0.3 is 0 Å². The minimum atomic E-state index is -0.247. The highest BCUT2D eigenvalue weighted by Gasteiger charge is 2.57. The predicted octanol–water partition coefficient (Wildman–Crippen LogP) is 1.52. The summed E-state index contributed by atoms with van der Waals surface area (Å²) in [5.41, 5.74) is 0.149. The molecular formula is C21H24N6O2. The predicted molar refractivity (Wildman–Crippen MR) is 103 cm³/mol. The van der Waals surface area contributed by atoms with Gasteiger partial charge in [0.05, 0.1) is 17.8 Å². The minimum Gasteiger partial charge on any atom is -0.341 e. The molecule has 8 nitrogen and oxygen atoms in total. The van der Waals surface area contributed by atoms with Crippen molar-refractivity contribution in [3.8, 4) is 0 Å². The lowest BCUT2D eigenvalue weighted by Gasteiger charge is -2.49. The van der Waals surface area contributed by atoms with Crippen LogP contribution in [-0.2, 0) is 10.3 Å². The van der Waals surface area contributed by atoms with E-state index < -0.39 is 0 Å². The number of hydrogen-bond donors (Lipinski definition) is 1. The average molecular weight is 392 g/mol. The molecule has 0 bridgehead atoms. The third-order valence-corrected chi connectivity index (χ3v) is 7.37. The third kappa shape index (κ3) is 2.61. The monoisotopic (exact) mass is 392 g/mol. The average Bonchev–Trinajstić information content (AvgIpc) is 3.14. The Kier molecular flexibility index (Phi) is 3.61. The lowest BCUT2D eigenvalue weighted by molar-refractivity contribution is -0.144. The molecule has 3 fully saturated rings. The largest absolute Gasteiger partial charge is 0.341 e. The number of rotatable bonds is 4. The number of carbonyl (C=O) groups excluding carboxylic acids is 2. The maximum Gasteiger partial charge on any atom is 0.272 e. The molecule has 4 aliphatic rings. The van der Waals surface area contributed by atoms with E-state index >= 15 is 0 Å². The highest BCUT2D eigenvalue weighted by molar-refractivity contribution is 5.92. The zero-order valence-corrected chi connectivity index (χ0v) is 16.2. The van der Waals surface area contributed by atoms with Gasteiger partial charge in [0.25, 0.3) is 5.91 Å². The highest BCUT2D eigenvalue weighted by atomic mass is 16.2. The molecule has 2 amide bonds. The first kappa shape index (κ1) is 17.1. The number of fused-ring (bicyclic) bond motifs is 2. The SMILES string of the molecule is O=C(NC1CC2(CN(C(=O)[C@@H]3C[C@H]3C3CCC3)C2)n2ccnc21)c1cnccn1. The molecule has 2 aromatic heterocycles. The van der Waals surface area contributed by atoms with Gasteiger partial charge in [-0.25, -0.2) is 9.97 Å². The number of nitrogens with zero attached hydrogens (tertiary/aromatic N) is 5. The van der Waals surface area contributed by atoms with Crippen LogP contribution in [0.3, 0.4) is 0 Å². The van der Waals surface area contributed by atoms with Gasteiger partial charge in [0.15, 0.2) is 0 Å². The van der Waals surface area contributed by atoms with E-state index in [0.717, 1.165) is 24.6 Å². The van der Waals surface area contributed by atoms with Crippen molar-refractivity contribution in [1.82, 2.24) is 29.7 Å². The molecule has 4 heterocycles. The highest BCUT2D eigenvalue weighted by Crippen LogP contribution is 2.54. The fraction of sp³-hybridized carbons (Fsp3) is 0.571. The molecule has 1 N–H and O–H groups in total. The van der Waals surface area contributed by atoms with Gasteiger partial charge in [-0.15, -0.1) is 0 Å². The first-order valence-electron chi connectivity index (χ1n) is 10.5. The zero-order valence-electron chi connectivity index (χ0n) is 16.2. The summed E-state index contributed by atoms with van der Waals surface area (Å²) in [6.07, 6.45) is 14.1. The molecule has 29 heavy (non-hydrogen) atoms. The van der Waals surface area contributed by atoms with Crippen molar-refractivity contribution < 1.29 is 9.59 Å². The van der Waals surface area contributed by atoms with E-state index in [9.17, 15) is 9.59 Å². The third-order valence-electron chi connectivity index (χ3n) is 7.37. The number of aromatic nitrogens is 4. The fourth-order valence-electron chi connectivity index (χ4n) is 5.53. The number of carbonyl (C=O) groups is 2. The first-order valence-corrected chi connectivity index (χ1v) is 10.5. The molecule has 1 saturated heterocycles. The van der Waals surface area contributed by atoms with Crippen LogP contribution < -0.4 is 5.32 Å². The van der Waals surface area contributed by atoms with Crippen LogP contribution in [0.1, 0.15) is 54.5 Å². The number of hydrogen-bond acceptors (Lipinski definition) is 5. The molecule has 2 aromatic rings. The molecule has 1 spiro atoms. The molecule has 0 aromatic carbocycles. The van der Waals surface area contributed by atoms with Crippen LogP contribution in [0.5, 0.6) is 0 Å². The first-order chi connectivity index (χ1) is 14.1. The molecule has 6 rings (SSSR count). The smallest absolute Gasteiger partial charge is 0.272 e. The van der Waals surface area contributed by atoms with Gasteiger partial charge in [-0.05, 0) is 18.3 Å². The van der Waals surface area contributed by atoms with E-state index in [1.54, 1.807) is 12.4 Å². The van der Waals surface area contributed by atoms with Crippen molar-refractivity contribution in [2.24, 2.45) is 17.8 Å². The number of nitrogens with one attached hydrogen (secondary N) is 1. The second-order valence-electron chi connectivity index (χ2n) is 9.09. The molecule has 0 radical (unpaired) electrons. The lowest BCUT2D eigenvalue weighted by atomic mass is 9.80. The van der Waals surface area contributed by atoms with Gasteiger partial charge in [0.1, 0.15) is 11.5 Å². The summed E-state index contributed by atoms with van der Waals surface area (Å²) in [7, 11) is 0. The normalized spacial score (nSPS) is 29.1. The maximum atomic E-state index is 12.9.